The summed E-state index contributed by atoms with van der Waals surface area (Å²) in [5, 5.41) is 7.10. The van der Waals surface area contributed by atoms with Gasteiger partial charge >= 0.3 is 0 Å². The maximum absolute atomic E-state index is 5.90. The van der Waals surface area contributed by atoms with Crippen LogP contribution in [0.1, 0.15) is 51.9 Å². The Hall–Kier alpha value is -0.770. The molecule has 1 aliphatic carbocycles. The topological polar surface area (TPSA) is 45.7 Å². The standard InChI is InChI=1S/C16H29N3O/c1-11-5-3-4-6-12(11)10-18-16(17-2)19-14-9-13-7-8-15(14)20-13/h11-15H,3-10H2,1-2H3,(H2,17,18,19). The van der Waals surface area contributed by atoms with Crippen LogP contribution in [-0.2, 0) is 4.74 Å². The largest absolute Gasteiger partial charge is 0.373 e. The van der Waals surface area contributed by atoms with Crippen LogP contribution in [0.2, 0.25) is 0 Å². The fourth-order valence-electron chi connectivity index (χ4n) is 4.08. The first-order valence-corrected chi connectivity index (χ1v) is 8.39. The van der Waals surface area contributed by atoms with Crippen LogP contribution in [0.15, 0.2) is 4.99 Å². The number of hydrogen-bond donors (Lipinski definition) is 2. The van der Waals surface area contributed by atoms with Crippen molar-refractivity contribution in [2.24, 2.45) is 16.8 Å². The predicted octanol–water partition coefficient (Wildman–Crippen LogP) is 2.30. The zero-order chi connectivity index (χ0) is 13.9. The summed E-state index contributed by atoms with van der Waals surface area (Å²) in [6.45, 7) is 3.45. The molecule has 0 aromatic rings. The minimum atomic E-state index is 0.409. The lowest BCUT2D eigenvalue weighted by atomic mass is 9.80. The van der Waals surface area contributed by atoms with Gasteiger partial charge in [0.15, 0.2) is 5.96 Å². The molecule has 20 heavy (non-hydrogen) atoms. The Labute approximate surface area is 122 Å². The molecule has 3 aliphatic rings. The third kappa shape index (κ3) is 3.11. The molecule has 2 aliphatic heterocycles. The van der Waals surface area contributed by atoms with E-state index < -0.39 is 0 Å². The quantitative estimate of drug-likeness (QED) is 0.615. The van der Waals surface area contributed by atoms with E-state index in [1.54, 1.807) is 0 Å². The molecule has 5 unspecified atom stereocenters. The van der Waals surface area contributed by atoms with E-state index in [4.69, 9.17) is 4.74 Å². The minimum Gasteiger partial charge on any atom is -0.373 e. The van der Waals surface area contributed by atoms with Gasteiger partial charge in [-0.2, -0.15) is 0 Å². The highest BCUT2D eigenvalue weighted by molar-refractivity contribution is 5.80. The van der Waals surface area contributed by atoms with Gasteiger partial charge in [-0.15, -0.1) is 0 Å². The smallest absolute Gasteiger partial charge is 0.191 e. The first-order valence-electron chi connectivity index (χ1n) is 8.39. The van der Waals surface area contributed by atoms with Gasteiger partial charge in [-0.25, -0.2) is 0 Å². The highest BCUT2D eigenvalue weighted by Crippen LogP contribution is 2.34. The molecule has 0 aromatic carbocycles. The van der Waals surface area contributed by atoms with Gasteiger partial charge in [0.2, 0.25) is 0 Å². The van der Waals surface area contributed by atoms with E-state index in [0.29, 0.717) is 18.2 Å². The Balaban J connectivity index is 1.45. The average Bonchev–Trinajstić information content (AvgIpc) is 3.07. The van der Waals surface area contributed by atoms with Crippen LogP contribution in [0.25, 0.3) is 0 Å². The number of hydrogen-bond acceptors (Lipinski definition) is 2. The fraction of sp³-hybridized carbons (Fsp3) is 0.938. The monoisotopic (exact) mass is 279 g/mol. The van der Waals surface area contributed by atoms with Gasteiger partial charge < -0.3 is 15.4 Å². The average molecular weight is 279 g/mol. The molecule has 2 bridgehead atoms. The minimum absolute atomic E-state index is 0.409. The summed E-state index contributed by atoms with van der Waals surface area (Å²) >= 11 is 0. The third-order valence-corrected chi connectivity index (χ3v) is 5.47. The molecule has 2 saturated heterocycles. The second-order valence-corrected chi connectivity index (χ2v) is 6.84. The molecule has 0 radical (unpaired) electrons. The Bertz CT molecular complexity index is 358. The molecule has 0 aromatic heterocycles. The van der Waals surface area contributed by atoms with Crippen LogP contribution in [0, 0.1) is 11.8 Å². The van der Waals surface area contributed by atoms with E-state index in [1.165, 1.54) is 38.5 Å². The van der Waals surface area contributed by atoms with E-state index in [0.717, 1.165) is 30.8 Å². The predicted molar refractivity (Wildman–Crippen MR) is 81.9 cm³/mol. The summed E-state index contributed by atoms with van der Waals surface area (Å²) < 4.78 is 5.90. The number of fused-ring (bicyclic) bond motifs is 2. The van der Waals surface area contributed by atoms with Gasteiger partial charge in [0.05, 0.1) is 18.2 Å². The summed E-state index contributed by atoms with van der Waals surface area (Å²) in [5.41, 5.74) is 0. The number of nitrogens with one attached hydrogen (secondary N) is 2. The van der Waals surface area contributed by atoms with E-state index in [1.807, 2.05) is 7.05 Å². The van der Waals surface area contributed by atoms with Crippen molar-refractivity contribution in [1.29, 1.82) is 0 Å². The highest BCUT2D eigenvalue weighted by atomic mass is 16.5. The molecule has 3 rings (SSSR count). The molecule has 2 N–H and O–H groups in total. The van der Waals surface area contributed by atoms with Crippen molar-refractivity contribution in [3.8, 4) is 0 Å². The Morgan fingerprint density at radius 1 is 1.20 bits per heavy atom. The molecule has 3 fully saturated rings. The van der Waals surface area contributed by atoms with E-state index in [-0.39, 0.29) is 0 Å². The van der Waals surface area contributed by atoms with Crippen LogP contribution >= 0.6 is 0 Å². The van der Waals surface area contributed by atoms with E-state index >= 15 is 0 Å². The molecule has 1 saturated carbocycles. The summed E-state index contributed by atoms with van der Waals surface area (Å²) in [7, 11) is 1.87. The number of ether oxygens (including phenoxy) is 1. The van der Waals surface area contributed by atoms with Crippen molar-refractivity contribution < 1.29 is 4.74 Å². The van der Waals surface area contributed by atoms with Crippen molar-refractivity contribution in [2.75, 3.05) is 13.6 Å². The van der Waals surface area contributed by atoms with Gasteiger partial charge in [0.1, 0.15) is 0 Å². The van der Waals surface area contributed by atoms with Crippen molar-refractivity contribution in [2.45, 2.75) is 70.1 Å². The van der Waals surface area contributed by atoms with Gasteiger partial charge in [-0.1, -0.05) is 26.2 Å². The molecule has 0 amide bonds. The van der Waals surface area contributed by atoms with Crippen LogP contribution < -0.4 is 10.6 Å². The Morgan fingerprint density at radius 2 is 2.05 bits per heavy atom. The van der Waals surface area contributed by atoms with Gasteiger partial charge in [0, 0.05) is 13.6 Å². The van der Waals surface area contributed by atoms with Gasteiger partial charge in [-0.05, 0) is 37.5 Å². The van der Waals surface area contributed by atoms with E-state index in [9.17, 15) is 0 Å². The second-order valence-electron chi connectivity index (χ2n) is 6.84. The van der Waals surface area contributed by atoms with Crippen LogP contribution in [0.5, 0.6) is 0 Å². The molecule has 2 heterocycles. The van der Waals surface area contributed by atoms with Crippen molar-refractivity contribution in [3.63, 3.8) is 0 Å². The number of aliphatic imine (C=N–C) groups is 1. The number of rotatable bonds is 3. The number of nitrogens with zero attached hydrogens (tertiary/aromatic N) is 1. The van der Waals surface area contributed by atoms with Crippen LogP contribution in [-0.4, -0.2) is 37.8 Å². The second kappa shape index (κ2) is 6.33. The molecular weight excluding hydrogens is 250 g/mol. The molecule has 4 nitrogen and oxygen atoms in total. The van der Waals surface area contributed by atoms with Gasteiger partial charge in [0.25, 0.3) is 0 Å². The van der Waals surface area contributed by atoms with Crippen molar-refractivity contribution in [3.05, 3.63) is 0 Å². The zero-order valence-corrected chi connectivity index (χ0v) is 12.9. The van der Waals surface area contributed by atoms with Crippen LogP contribution in [0.4, 0.5) is 0 Å². The van der Waals surface area contributed by atoms with E-state index in [2.05, 4.69) is 22.5 Å². The lowest BCUT2D eigenvalue weighted by molar-refractivity contribution is 0.0992. The SMILES string of the molecule is CN=C(NCC1CCCCC1C)NC1CC2CCC1O2. The normalized spacial score (nSPS) is 40.9. The maximum Gasteiger partial charge on any atom is 0.191 e. The summed E-state index contributed by atoms with van der Waals surface area (Å²) in [6, 6.07) is 0.462. The molecular formula is C16H29N3O. The first-order chi connectivity index (χ1) is 9.76. The highest BCUT2D eigenvalue weighted by Gasteiger charge is 2.41. The van der Waals surface area contributed by atoms with Crippen molar-refractivity contribution in [1.82, 2.24) is 10.6 Å². The number of guanidine groups is 1. The molecule has 0 spiro atoms. The molecule has 5 atom stereocenters. The maximum atomic E-state index is 5.90. The van der Waals surface area contributed by atoms with Gasteiger partial charge in [-0.3, -0.25) is 4.99 Å². The third-order valence-electron chi connectivity index (χ3n) is 5.47. The lowest BCUT2D eigenvalue weighted by Gasteiger charge is -2.30. The lowest BCUT2D eigenvalue weighted by Crippen LogP contribution is -2.48. The first kappa shape index (κ1) is 14.2. The van der Waals surface area contributed by atoms with Crippen LogP contribution in [0.3, 0.4) is 0 Å². The summed E-state index contributed by atoms with van der Waals surface area (Å²) in [5.74, 6) is 2.61. The molecule has 114 valence electrons. The zero-order valence-electron chi connectivity index (χ0n) is 12.9. The molecule has 4 heteroatoms. The summed E-state index contributed by atoms with van der Waals surface area (Å²) in [6.07, 6.45) is 10.1. The van der Waals surface area contributed by atoms with Crippen molar-refractivity contribution >= 4 is 5.96 Å². The Kier molecular flexibility index (Phi) is 4.49. The fourth-order valence-corrected chi connectivity index (χ4v) is 4.08. The Morgan fingerprint density at radius 3 is 2.70 bits per heavy atom. The summed E-state index contributed by atoms with van der Waals surface area (Å²) in [4.78, 5) is 4.38.